The summed E-state index contributed by atoms with van der Waals surface area (Å²) in [7, 11) is 0. The van der Waals surface area contributed by atoms with Crippen LogP contribution >= 0.6 is 0 Å². The topological polar surface area (TPSA) is 30.5 Å². The number of fused-ring (bicyclic) bond motifs is 1. The van der Waals surface area contributed by atoms with E-state index in [-0.39, 0.29) is 11.9 Å². The van der Waals surface area contributed by atoms with Crippen LogP contribution in [0.3, 0.4) is 0 Å². The first kappa shape index (κ1) is 13.7. The third kappa shape index (κ3) is 3.27. The lowest BCUT2D eigenvalue weighted by atomic mass is 10.1. The molecule has 0 radical (unpaired) electrons. The van der Waals surface area contributed by atoms with Gasteiger partial charge < -0.3 is 14.8 Å². The van der Waals surface area contributed by atoms with Crippen molar-refractivity contribution in [2.75, 3.05) is 18.5 Å². The minimum absolute atomic E-state index is 0.0453. The molecule has 0 spiro atoms. The van der Waals surface area contributed by atoms with Crippen molar-refractivity contribution < 1.29 is 13.9 Å². The van der Waals surface area contributed by atoms with Gasteiger partial charge in [-0.25, -0.2) is 4.39 Å². The van der Waals surface area contributed by atoms with Crippen molar-refractivity contribution in [3.05, 3.63) is 53.8 Å². The smallest absolute Gasteiger partial charge is 0.161 e. The lowest BCUT2D eigenvalue weighted by Crippen LogP contribution is -2.07. The Morgan fingerprint density at radius 2 is 1.86 bits per heavy atom. The maximum Gasteiger partial charge on any atom is 0.161 e. The van der Waals surface area contributed by atoms with E-state index in [4.69, 9.17) is 9.47 Å². The van der Waals surface area contributed by atoms with E-state index < -0.39 is 0 Å². The molecule has 3 rings (SSSR count). The first-order valence-corrected chi connectivity index (χ1v) is 7.14. The molecular formula is C17H18FNO2. The monoisotopic (exact) mass is 287 g/mol. The highest BCUT2D eigenvalue weighted by molar-refractivity contribution is 5.48. The van der Waals surface area contributed by atoms with Gasteiger partial charge in [0.1, 0.15) is 5.82 Å². The molecule has 1 N–H and O–H groups in total. The molecule has 110 valence electrons. The van der Waals surface area contributed by atoms with Crippen LogP contribution in [0.15, 0.2) is 42.5 Å². The number of hydrogen-bond donors (Lipinski definition) is 1. The van der Waals surface area contributed by atoms with Gasteiger partial charge in [0.15, 0.2) is 11.5 Å². The zero-order valence-corrected chi connectivity index (χ0v) is 11.9. The third-order valence-electron chi connectivity index (χ3n) is 3.48. The Hall–Kier alpha value is -2.23. The molecule has 2 aromatic rings. The first-order chi connectivity index (χ1) is 10.2. The molecule has 3 nitrogen and oxygen atoms in total. The largest absolute Gasteiger partial charge is 0.490 e. The normalized spacial score (nSPS) is 15.1. The number of rotatable bonds is 3. The van der Waals surface area contributed by atoms with E-state index in [1.165, 1.54) is 12.1 Å². The van der Waals surface area contributed by atoms with Gasteiger partial charge in [-0.15, -0.1) is 0 Å². The van der Waals surface area contributed by atoms with Crippen LogP contribution in [0.25, 0.3) is 0 Å². The summed E-state index contributed by atoms with van der Waals surface area (Å²) in [5.74, 6) is 1.32. The molecular weight excluding hydrogens is 269 g/mol. The van der Waals surface area contributed by atoms with Gasteiger partial charge in [0.05, 0.1) is 13.2 Å². The molecule has 0 saturated carbocycles. The summed E-state index contributed by atoms with van der Waals surface area (Å²) in [6.45, 7) is 3.38. The van der Waals surface area contributed by atoms with Crippen LogP contribution in [0.2, 0.25) is 0 Å². The predicted octanol–water partition coefficient (Wildman–Crippen LogP) is 4.16. The van der Waals surface area contributed by atoms with E-state index in [2.05, 4.69) is 5.32 Å². The molecule has 0 bridgehead atoms. The molecule has 1 unspecified atom stereocenters. The van der Waals surface area contributed by atoms with Gasteiger partial charge in [0, 0.05) is 18.2 Å². The minimum atomic E-state index is -0.245. The number of nitrogens with one attached hydrogen (secondary N) is 1. The quantitative estimate of drug-likeness (QED) is 0.919. The summed E-state index contributed by atoms with van der Waals surface area (Å²) in [5, 5.41) is 3.29. The molecule has 1 atom stereocenters. The van der Waals surface area contributed by atoms with Crippen molar-refractivity contribution in [2.24, 2.45) is 0 Å². The van der Waals surface area contributed by atoms with Gasteiger partial charge in [-0.2, -0.15) is 0 Å². The van der Waals surface area contributed by atoms with Crippen LogP contribution in [0, 0.1) is 5.82 Å². The summed E-state index contributed by atoms with van der Waals surface area (Å²) < 4.78 is 24.5. The maximum atomic E-state index is 13.2. The van der Waals surface area contributed by atoms with Crippen molar-refractivity contribution in [2.45, 2.75) is 19.4 Å². The Morgan fingerprint density at radius 3 is 2.67 bits per heavy atom. The van der Waals surface area contributed by atoms with E-state index >= 15 is 0 Å². The van der Waals surface area contributed by atoms with Gasteiger partial charge in [0.25, 0.3) is 0 Å². The van der Waals surface area contributed by atoms with Crippen LogP contribution in [0.1, 0.15) is 24.9 Å². The Balaban J connectivity index is 1.78. The molecule has 0 aromatic heterocycles. The van der Waals surface area contributed by atoms with Gasteiger partial charge in [0.2, 0.25) is 0 Å². The summed E-state index contributed by atoms with van der Waals surface area (Å²) >= 11 is 0. The fourth-order valence-electron chi connectivity index (χ4n) is 2.36. The summed E-state index contributed by atoms with van der Waals surface area (Å²) in [5.41, 5.74) is 1.83. The Bertz CT molecular complexity index is 630. The van der Waals surface area contributed by atoms with E-state index in [9.17, 15) is 4.39 Å². The Morgan fingerprint density at radius 1 is 1.05 bits per heavy atom. The lowest BCUT2D eigenvalue weighted by molar-refractivity contribution is 0.297. The molecule has 1 heterocycles. The zero-order valence-electron chi connectivity index (χ0n) is 11.9. The lowest BCUT2D eigenvalue weighted by Gasteiger charge is -2.17. The van der Waals surface area contributed by atoms with Crippen molar-refractivity contribution in [1.82, 2.24) is 0 Å². The highest BCUT2D eigenvalue weighted by Gasteiger charge is 2.13. The van der Waals surface area contributed by atoms with Gasteiger partial charge in [-0.05, 0) is 42.8 Å². The Kier molecular flexibility index (Phi) is 3.95. The van der Waals surface area contributed by atoms with E-state index in [1.54, 1.807) is 6.07 Å². The summed E-state index contributed by atoms with van der Waals surface area (Å²) in [4.78, 5) is 0. The average Bonchev–Trinajstić information content (AvgIpc) is 2.71. The fraction of sp³-hybridized carbons (Fsp3) is 0.294. The highest BCUT2D eigenvalue weighted by atomic mass is 19.1. The van der Waals surface area contributed by atoms with E-state index in [0.717, 1.165) is 29.2 Å². The maximum absolute atomic E-state index is 13.2. The predicted molar refractivity (Wildman–Crippen MR) is 80.5 cm³/mol. The second-order valence-corrected chi connectivity index (χ2v) is 5.13. The second kappa shape index (κ2) is 6.04. The molecule has 0 fully saturated rings. The molecule has 0 amide bonds. The van der Waals surface area contributed by atoms with Crippen LogP contribution in [0.4, 0.5) is 10.1 Å². The first-order valence-electron chi connectivity index (χ1n) is 7.14. The number of anilines is 1. The average molecular weight is 287 g/mol. The van der Waals surface area contributed by atoms with Gasteiger partial charge >= 0.3 is 0 Å². The third-order valence-corrected chi connectivity index (χ3v) is 3.48. The van der Waals surface area contributed by atoms with Gasteiger partial charge in [-0.3, -0.25) is 0 Å². The standard InChI is InChI=1S/C17H18FNO2/c1-12(19-15-5-2-4-14(18)11-15)13-6-7-16-17(10-13)21-9-3-8-20-16/h2,4-7,10-12,19H,3,8-9H2,1H3. The molecule has 21 heavy (non-hydrogen) atoms. The zero-order chi connectivity index (χ0) is 14.7. The second-order valence-electron chi connectivity index (χ2n) is 5.13. The Labute approximate surface area is 123 Å². The summed E-state index contributed by atoms with van der Waals surface area (Å²) in [6, 6.07) is 12.4. The SMILES string of the molecule is CC(Nc1cccc(F)c1)c1ccc2c(c1)OCCCO2. The molecule has 2 aromatic carbocycles. The molecule has 1 aliphatic heterocycles. The van der Waals surface area contributed by atoms with Crippen LogP contribution in [-0.2, 0) is 0 Å². The van der Waals surface area contributed by atoms with Crippen molar-refractivity contribution in [1.29, 1.82) is 0 Å². The van der Waals surface area contributed by atoms with Crippen LogP contribution < -0.4 is 14.8 Å². The minimum Gasteiger partial charge on any atom is -0.490 e. The number of benzene rings is 2. The van der Waals surface area contributed by atoms with Crippen LogP contribution in [-0.4, -0.2) is 13.2 Å². The molecule has 0 aliphatic carbocycles. The molecule has 1 aliphatic rings. The number of ether oxygens (including phenoxy) is 2. The summed E-state index contributed by atoms with van der Waals surface area (Å²) in [6.07, 6.45) is 0.890. The van der Waals surface area contributed by atoms with E-state index in [1.807, 2.05) is 31.2 Å². The number of hydrogen-bond acceptors (Lipinski definition) is 3. The fourth-order valence-corrected chi connectivity index (χ4v) is 2.36. The van der Waals surface area contributed by atoms with Crippen LogP contribution in [0.5, 0.6) is 11.5 Å². The van der Waals surface area contributed by atoms with Crippen molar-refractivity contribution in [3.8, 4) is 11.5 Å². The van der Waals surface area contributed by atoms with E-state index in [0.29, 0.717) is 13.2 Å². The molecule has 0 saturated heterocycles. The highest BCUT2D eigenvalue weighted by Crippen LogP contribution is 2.33. The van der Waals surface area contributed by atoms with Gasteiger partial charge in [-0.1, -0.05) is 12.1 Å². The molecule has 4 heteroatoms. The number of halogens is 1. The van der Waals surface area contributed by atoms with Crippen molar-refractivity contribution >= 4 is 5.69 Å². The van der Waals surface area contributed by atoms with Crippen molar-refractivity contribution in [3.63, 3.8) is 0 Å².